The van der Waals surface area contributed by atoms with Crippen molar-refractivity contribution in [3.8, 4) is 0 Å². The smallest absolute Gasteiger partial charge is 0.0346 e. The second-order valence-corrected chi connectivity index (χ2v) is 10.3. The predicted octanol–water partition coefficient (Wildman–Crippen LogP) is 8.11. The Bertz CT molecular complexity index is 1170. The van der Waals surface area contributed by atoms with Crippen molar-refractivity contribution in [2.24, 2.45) is 0 Å². The number of aryl methyl sites for hydroxylation is 4. The van der Waals surface area contributed by atoms with Gasteiger partial charge in [0, 0.05) is 11.4 Å². The minimum atomic E-state index is 0.901. The molecule has 0 fully saturated rings. The lowest BCUT2D eigenvalue weighted by molar-refractivity contribution is 0.678. The lowest BCUT2D eigenvalue weighted by Gasteiger charge is -2.09. The third-order valence-electron chi connectivity index (χ3n) is 7.47. The van der Waals surface area contributed by atoms with E-state index in [0.717, 1.165) is 49.9 Å². The van der Waals surface area contributed by atoms with E-state index in [4.69, 9.17) is 11.5 Å². The highest BCUT2D eigenvalue weighted by molar-refractivity contribution is 5.50. The van der Waals surface area contributed by atoms with Gasteiger partial charge in [0.05, 0.1) is 0 Å². The minimum Gasteiger partial charge on any atom is -0.399 e. The zero-order chi connectivity index (χ0) is 26.0. The first-order chi connectivity index (χ1) is 18.0. The van der Waals surface area contributed by atoms with E-state index in [1.807, 2.05) is 12.1 Å². The summed E-state index contributed by atoms with van der Waals surface area (Å²) in [4.78, 5) is 0. The Labute approximate surface area is 223 Å². The number of unbranched alkanes of at least 4 members (excludes halogenated alkanes) is 2. The molecule has 0 aliphatic heterocycles. The highest BCUT2D eigenvalue weighted by atomic mass is 14.6. The summed E-state index contributed by atoms with van der Waals surface area (Å²) in [6.45, 7) is 4.32. The van der Waals surface area contributed by atoms with Crippen molar-refractivity contribution >= 4 is 11.4 Å². The Balaban J connectivity index is 1.17. The molecule has 0 aromatic heterocycles. The van der Waals surface area contributed by atoms with Crippen LogP contribution in [0, 0.1) is 0 Å². The normalized spacial score (nSPS) is 11.1. The lowest BCUT2D eigenvalue weighted by atomic mass is 9.98. The van der Waals surface area contributed by atoms with Crippen molar-refractivity contribution in [1.29, 1.82) is 0 Å². The van der Waals surface area contributed by atoms with Gasteiger partial charge in [-0.2, -0.15) is 0 Å². The van der Waals surface area contributed by atoms with Gasteiger partial charge < -0.3 is 11.5 Å². The van der Waals surface area contributed by atoms with E-state index >= 15 is 0 Å². The van der Waals surface area contributed by atoms with Crippen molar-refractivity contribution in [2.45, 2.75) is 71.6 Å². The summed E-state index contributed by atoms with van der Waals surface area (Å²) in [5.74, 6) is 0. The lowest BCUT2D eigenvalue weighted by Crippen LogP contribution is -1.96. The summed E-state index contributed by atoms with van der Waals surface area (Å²) in [5, 5.41) is 0. The quantitative estimate of drug-likeness (QED) is 0.156. The molecule has 0 spiro atoms. The molecule has 0 radical (unpaired) electrons. The highest BCUT2D eigenvalue weighted by Gasteiger charge is 2.04. The molecule has 192 valence electrons. The molecule has 0 saturated heterocycles. The van der Waals surface area contributed by atoms with E-state index in [0.29, 0.717) is 0 Å². The molecule has 4 rings (SSSR count). The first-order valence-electron chi connectivity index (χ1n) is 13.9. The molecule has 0 saturated carbocycles. The van der Waals surface area contributed by atoms with Gasteiger partial charge in [0.2, 0.25) is 0 Å². The van der Waals surface area contributed by atoms with Gasteiger partial charge in [-0.15, -0.1) is 0 Å². The van der Waals surface area contributed by atoms with Crippen molar-refractivity contribution < 1.29 is 0 Å². The monoisotopic (exact) mass is 490 g/mol. The zero-order valence-corrected chi connectivity index (χ0v) is 22.6. The van der Waals surface area contributed by atoms with Crippen LogP contribution >= 0.6 is 0 Å². The summed E-state index contributed by atoms with van der Waals surface area (Å²) in [6.07, 6.45) is 9.95. The molecule has 0 aliphatic rings. The molecule has 0 aliphatic carbocycles. The Morgan fingerprint density at radius 2 is 0.784 bits per heavy atom. The Morgan fingerprint density at radius 1 is 0.432 bits per heavy atom. The molecule has 0 unspecified atom stereocenters. The number of hydrogen-bond acceptors (Lipinski definition) is 2. The molecule has 0 atom stereocenters. The summed E-state index contributed by atoms with van der Waals surface area (Å²) in [6, 6.07) is 31.2. The topological polar surface area (TPSA) is 52.0 Å². The van der Waals surface area contributed by atoms with E-state index < -0.39 is 0 Å². The number of nitrogens with two attached hydrogens (primary N) is 2. The SMILES string of the molecule is CCc1cc(Cc2ccc(CCCCCc3ccc(Cc4ccc(N)c(CC)c4)cc3)cc2)ccc1N. The van der Waals surface area contributed by atoms with Crippen LogP contribution in [0.15, 0.2) is 84.9 Å². The van der Waals surface area contributed by atoms with E-state index in [1.54, 1.807) is 0 Å². The van der Waals surface area contributed by atoms with Crippen LogP contribution in [0.4, 0.5) is 11.4 Å². The maximum atomic E-state index is 6.05. The minimum absolute atomic E-state index is 0.901. The van der Waals surface area contributed by atoms with Crippen molar-refractivity contribution in [1.82, 2.24) is 0 Å². The van der Waals surface area contributed by atoms with Gasteiger partial charge in [0.1, 0.15) is 0 Å². The Kier molecular flexibility index (Phi) is 9.43. The molecule has 37 heavy (non-hydrogen) atoms. The molecule has 2 nitrogen and oxygen atoms in total. The second kappa shape index (κ2) is 13.1. The van der Waals surface area contributed by atoms with Crippen LogP contribution in [0.5, 0.6) is 0 Å². The third kappa shape index (κ3) is 7.73. The number of nitrogen functional groups attached to an aromatic ring is 2. The first kappa shape index (κ1) is 26.5. The average Bonchev–Trinajstić information content (AvgIpc) is 2.92. The van der Waals surface area contributed by atoms with Gasteiger partial charge in [-0.05, 0) is 108 Å². The number of benzene rings is 4. The van der Waals surface area contributed by atoms with Crippen LogP contribution in [0.2, 0.25) is 0 Å². The van der Waals surface area contributed by atoms with Crippen molar-refractivity contribution in [3.05, 3.63) is 129 Å². The Hall–Kier alpha value is -3.52. The van der Waals surface area contributed by atoms with Crippen LogP contribution in [0.25, 0.3) is 0 Å². The predicted molar refractivity (Wildman–Crippen MR) is 160 cm³/mol. The summed E-state index contributed by atoms with van der Waals surface area (Å²) in [5.41, 5.74) is 24.7. The zero-order valence-electron chi connectivity index (χ0n) is 22.6. The second-order valence-electron chi connectivity index (χ2n) is 10.3. The van der Waals surface area contributed by atoms with E-state index in [9.17, 15) is 0 Å². The first-order valence-corrected chi connectivity index (χ1v) is 13.9. The van der Waals surface area contributed by atoms with Gasteiger partial charge in [-0.25, -0.2) is 0 Å². The molecule has 2 heteroatoms. The molecule has 0 heterocycles. The number of anilines is 2. The molecular weight excluding hydrogens is 448 g/mol. The van der Waals surface area contributed by atoms with Crippen LogP contribution in [-0.4, -0.2) is 0 Å². The maximum Gasteiger partial charge on any atom is 0.0346 e. The van der Waals surface area contributed by atoms with Gasteiger partial charge in [-0.1, -0.05) is 93.1 Å². The number of rotatable bonds is 12. The van der Waals surface area contributed by atoms with Gasteiger partial charge in [0.25, 0.3) is 0 Å². The molecule has 0 amide bonds. The van der Waals surface area contributed by atoms with Crippen LogP contribution < -0.4 is 11.5 Å². The molecule has 4 N–H and O–H groups in total. The van der Waals surface area contributed by atoms with E-state index in [-0.39, 0.29) is 0 Å². The summed E-state index contributed by atoms with van der Waals surface area (Å²) in [7, 11) is 0. The van der Waals surface area contributed by atoms with Gasteiger partial charge in [-0.3, -0.25) is 0 Å². The van der Waals surface area contributed by atoms with E-state index in [1.165, 1.54) is 63.8 Å². The van der Waals surface area contributed by atoms with E-state index in [2.05, 4.69) is 86.6 Å². The van der Waals surface area contributed by atoms with Gasteiger partial charge in [0.15, 0.2) is 0 Å². The van der Waals surface area contributed by atoms with Crippen LogP contribution in [-0.2, 0) is 38.5 Å². The van der Waals surface area contributed by atoms with Crippen molar-refractivity contribution in [3.63, 3.8) is 0 Å². The van der Waals surface area contributed by atoms with Crippen LogP contribution in [0.3, 0.4) is 0 Å². The standard InChI is InChI=1S/C35H42N2/c1-3-32-24-30(18-20-34(32)36)22-28-14-10-26(11-15-28)8-6-5-7-9-27-12-16-29(17-13-27)23-31-19-21-35(37)33(4-2)25-31/h10-21,24-25H,3-9,22-23,36-37H2,1-2H3. The largest absolute Gasteiger partial charge is 0.399 e. The van der Waals surface area contributed by atoms with Crippen molar-refractivity contribution in [2.75, 3.05) is 11.5 Å². The molecule has 4 aromatic carbocycles. The fourth-order valence-corrected chi connectivity index (χ4v) is 5.10. The summed E-state index contributed by atoms with van der Waals surface area (Å²) >= 11 is 0. The highest BCUT2D eigenvalue weighted by Crippen LogP contribution is 2.20. The molecule has 0 bridgehead atoms. The average molecular weight is 491 g/mol. The fourth-order valence-electron chi connectivity index (χ4n) is 5.10. The fraction of sp³-hybridized carbons (Fsp3) is 0.314. The summed E-state index contributed by atoms with van der Waals surface area (Å²) < 4.78 is 0. The molecular formula is C35H42N2. The number of hydrogen-bond donors (Lipinski definition) is 2. The molecule has 4 aromatic rings. The third-order valence-corrected chi connectivity index (χ3v) is 7.47. The van der Waals surface area contributed by atoms with Crippen LogP contribution in [0.1, 0.15) is 77.6 Å². The van der Waals surface area contributed by atoms with Gasteiger partial charge >= 0.3 is 0 Å². The maximum absolute atomic E-state index is 6.05. The Morgan fingerprint density at radius 3 is 1.16 bits per heavy atom.